The van der Waals surface area contributed by atoms with Crippen molar-refractivity contribution < 1.29 is 24.5 Å². The number of ether oxygens (including phenoxy) is 1. The smallest absolute Gasteiger partial charge is 0.305 e. The number of nitrogens with one attached hydrogen (secondary N) is 1. The van der Waals surface area contributed by atoms with E-state index in [4.69, 9.17) is 4.74 Å². The van der Waals surface area contributed by atoms with Crippen LogP contribution in [0.4, 0.5) is 0 Å². The van der Waals surface area contributed by atoms with Gasteiger partial charge in [0.05, 0.1) is 25.4 Å². The van der Waals surface area contributed by atoms with Gasteiger partial charge in [-0.2, -0.15) is 0 Å². The molecule has 0 bridgehead atoms. The van der Waals surface area contributed by atoms with E-state index in [9.17, 15) is 19.8 Å². The highest BCUT2D eigenvalue weighted by molar-refractivity contribution is 5.76. The second kappa shape index (κ2) is 74.1. The number of rotatable bonds is 74. The first-order valence-corrected chi connectivity index (χ1v) is 39.0. The van der Waals surface area contributed by atoms with Crippen molar-refractivity contribution in [1.29, 1.82) is 0 Å². The second-order valence-electron chi connectivity index (χ2n) is 27.1. The van der Waals surface area contributed by atoms with Gasteiger partial charge in [0.15, 0.2) is 0 Å². The van der Waals surface area contributed by atoms with Gasteiger partial charge in [0.25, 0.3) is 0 Å². The van der Waals surface area contributed by atoms with Crippen molar-refractivity contribution in [3.05, 3.63) is 12.2 Å². The number of carbonyl (C=O) groups excluding carboxylic acids is 2. The maximum absolute atomic E-state index is 12.6. The molecule has 0 radical (unpaired) electrons. The Morgan fingerprint density at radius 3 is 0.810 bits per heavy atom. The minimum absolute atomic E-state index is 0.0217. The Morgan fingerprint density at radius 1 is 0.321 bits per heavy atom. The van der Waals surface area contributed by atoms with E-state index in [0.29, 0.717) is 19.4 Å². The van der Waals surface area contributed by atoms with Gasteiger partial charge in [-0.3, -0.25) is 9.59 Å². The molecule has 0 heterocycles. The maximum Gasteiger partial charge on any atom is 0.305 e. The highest BCUT2D eigenvalue weighted by Crippen LogP contribution is 2.20. The molecule has 0 fully saturated rings. The lowest BCUT2D eigenvalue weighted by molar-refractivity contribution is -0.143. The lowest BCUT2D eigenvalue weighted by Gasteiger charge is -2.20. The van der Waals surface area contributed by atoms with Crippen LogP contribution in [0.15, 0.2) is 12.2 Å². The molecule has 1 amide bonds. The maximum atomic E-state index is 12.6. The number of allylic oxidation sites excluding steroid dienone is 1. The van der Waals surface area contributed by atoms with Gasteiger partial charge in [0.2, 0.25) is 5.91 Å². The zero-order chi connectivity index (χ0) is 60.6. The van der Waals surface area contributed by atoms with Crippen molar-refractivity contribution in [2.75, 3.05) is 13.2 Å². The molecule has 6 heteroatoms. The van der Waals surface area contributed by atoms with Crippen molar-refractivity contribution in [2.24, 2.45) is 0 Å². The molecular formula is C78H153NO5. The molecule has 0 rings (SSSR count). The third-order valence-electron chi connectivity index (χ3n) is 18.6. The number of amides is 1. The van der Waals surface area contributed by atoms with E-state index < -0.39 is 12.1 Å². The van der Waals surface area contributed by atoms with Crippen LogP contribution in [0.1, 0.15) is 450 Å². The van der Waals surface area contributed by atoms with Crippen LogP contribution in [-0.2, 0) is 14.3 Å². The van der Waals surface area contributed by atoms with Crippen LogP contribution in [0.2, 0.25) is 0 Å². The summed E-state index contributed by atoms with van der Waals surface area (Å²) in [6.07, 6.45) is 93.3. The second-order valence-corrected chi connectivity index (χ2v) is 27.1. The van der Waals surface area contributed by atoms with E-state index in [1.54, 1.807) is 6.08 Å². The fraction of sp³-hybridized carbons (Fsp3) is 0.949. The molecule has 0 aromatic carbocycles. The number of aliphatic hydroxyl groups excluding tert-OH is 2. The minimum atomic E-state index is -0.842. The Balaban J connectivity index is 3.35. The summed E-state index contributed by atoms with van der Waals surface area (Å²) in [6.45, 7) is 4.96. The van der Waals surface area contributed by atoms with Crippen molar-refractivity contribution in [3.8, 4) is 0 Å². The topological polar surface area (TPSA) is 95.9 Å². The monoisotopic (exact) mass is 1180 g/mol. The molecule has 500 valence electrons. The lowest BCUT2D eigenvalue weighted by Crippen LogP contribution is -2.45. The molecule has 0 aliphatic heterocycles. The van der Waals surface area contributed by atoms with Crippen molar-refractivity contribution in [3.63, 3.8) is 0 Å². The molecule has 0 aromatic heterocycles. The first-order chi connectivity index (χ1) is 41.5. The molecule has 0 aromatic rings. The zero-order valence-corrected chi connectivity index (χ0v) is 57.4. The normalized spacial score (nSPS) is 12.5. The Hall–Kier alpha value is -1.40. The predicted molar refractivity (Wildman–Crippen MR) is 370 cm³/mol. The minimum Gasteiger partial charge on any atom is -0.466 e. The van der Waals surface area contributed by atoms with Crippen LogP contribution >= 0.6 is 0 Å². The SMILES string of the molecule is CCCCCCCCCCCCCCCCCCCCCCCC/C=C/C(O)C(CO)NC(=O)CCCCCCCCCCCCCCCCCCCCCCCCCCCCCCCCCCOC(=O)CCCCCCCCCCCCC. The summed E-state index contributed by atoms with van der Waals surface area (Å²) < 4.78 is 5.48. The molecule has 0 saturated carbocycles. The van der Waals surface area contributed by atoms with Crippen molar-refractivity contribution in [1.82, 2.24) is 5.32 Å². The standard InChI is InChI=1S/C78H153NO5/c1-3-5-7-9-11-13-15-16-17-18-19-20-21-32-35-38-41-44-47-51-54-58-62-66-70-76(81)75(74-80)79-77(82)71-67-63-59-55-52-48-45-42-39-36-33-30-28-26-24-22-23-25-27-29-31-34-37-40-43-46-49-53-57-61-65-69-73-84-78(83)72-68-64-60-56-50-14-12-10-8-6-4-2/h66,70,75-76,80-81H,3-65,67-69,71-74H2,1-2H3,(H,79,82)/b70-66+. The average Bonchev–Trinajstić information content (AvgIpc) is 3.50. The summed E-state index contributed by atoms with van der Waals surface area (Å²) in [4.78, 5) is 24.6. The van der Waals surface area contributed by atoms with E-state index in [-0.39, 0.29) is 18.5 Å². The van der Waals surface area contributed by atoms with Crippen molar-refractivity contribution >= 4 is 11.9 Å². The van der Waals surface area contributed by atoms with Crippen LogP contribution in [0.3, 0.4) is 0 Å². The number of aliphatic hydroxyl groups is 2. The van der Waals surface area contributed by atoms with Crippen LogP contribution in [0, 0.1) is 0 Å². The first kappa shape index (κ1) is 82.6. The van der Waals surface area contributed by atoms with Crippen LogP contribution in [0.5, 0.6) is 0 Å². The third-order valence-corrected chi connectivity index (χ3v) is 18.6. The third kappa shape index (κ3) is 69.7. The summed E-state index contributed by atoms with van der Waals surface area (Å²) in [5.41, 5.74) is 0. The number of hydrogen-bond donors (Lipinski definition) is 3. The molecule has 2 atom stereocenters. The van der Waals surface area contributed by atoms with Gasteiger partial charge in [-0.15, -0.1) is 0 Å². The number of hydrogen-bond acceptors (Lipinski definition) is 5. The van der Waals surface area contributed by atoms with Gasteiger partial charge < -0.3 is 20.3 Å². The molecule has 84 heavy (non-hydrogen) atoms. The van der Waals surface area contributed by atoms with E-state index in [1.165, 1.54) is 385 Å². The van der Waals surface area contributed by atoms with E-state index in [0.717, 1.165) is 38.5 Å². The molecule has 2 unspecified atom stereocenters. The molecular weight excluding hydrogens is 1030 g/mol. The van der Waals surface area contributed by atoms with Crippen LogP contribution < -0.4 is 5.32 Å². The Kier molecular flexibility index (Phi) is 72.8. The molecule has 0 saturated heterocycles. The van der Waals surface area contributed by atoms with Crippen molar-refractivity contribution in [2.45, 2.75) is 463 Å². The highest BCUT2D eigenvalue weighted by atomic mass is 16.5. The Morgan fingerprint density at radius 2 is 0.548 bits per heavy atom. The van der Waals surface area contributed by atoms with Crippen LogP contribution in [0.25, 0.3) is 0 Å². The van der Waals surface area contributed by atoms with Crippen LogP contribution in [-0.4, -0.2) is 47.4 Å². The van der Waals surface area contributed by atoms with Gasteiger partial charge in [-0.05, 0) is 32.1 Å². The summed E-state index contributed by atoms with van der Waals surface area (Å²) in [5.74, 6) is -0.0360. The van der Waals surface area contributed by atoms with E-state index >= 15 is 0 Å². The largest absolute Gasteiger partial charge is 0.466 e. The molecule has 0 spiro atoms. The quantitative estimate of drug-likeness (QED) is 0.0320. The first-order valence-electron chi connectivity index (χ1n) is 39.0. The van der Waals surface area contributed by atoms with Gasteiger partial charge >= 0.3 is 5.97 Å². The Labute approximate surface area is 527 Å². The van der Waals surface area contributed by atoms with E-state index in [2.05, 4.69) is 19.2 Å². The van der Waals surface area contributed by atoms with E-state index in [1.807, 2.05) is 6.08 Å². The molecule has 0 aliphatic carbocycles. The predicted octanol–water partition coefficient (Wildman–Crippen LogP) is 25.5. The molecule has 6 nitrogen and oxygen atoms in total. The summed E-state index contributed by atoms with van der Waals surface area (Å²) in [6, 6.07) is -0.625. The zero-order valence-electron chi connectivity index (χ0n) is 57.4. The fourth-order valence-corrected chi connectivity index (χ4v) is 12.6. The molecule has 0 aliphatic rings. The number of carbonyl (C=O) groups is 2. The van der Waals surface area contributed by atoms with Gasteiger partial charge in [0, 0.05) is 12.8 Å². The van der Waals surface area contributed by atoms with Gasteiger partial charge in [-0.1, -0.05) is 418 Å². The van der Waals surface area contributed by atoms with Gasteiger partial charge in [-0.25, -0.2) is 0 Å². The fourth-order valence-electron chi connectivity index (χ4n) is 12.6. The molecule has 3 N–H and O–H groups in total. The highest BCUT2D eigenvalue weighted by Gasteiger charge is 2.18. The number of unbranched alkanes of at least 4 members (excludes halogenated alkanes) is 63. The summed E-state index contributed by atoms with van der Waals surface area (Å²) in [7, 11) is 0. The van der Waals surface area contributed by atoms with Gasteiger partial charge in [0.1, 0.15) is 0 Å². The number of esters is 1. The lowest BCUT2D eigenvalue weighted by atomic mass is 10.0. The summed E-state index contributed by atoms with van der Waals surface area (Å²) in [5, 5.41) is 23.3. The average molecular weight is 1190 g/mol. The summed E-state index contributed by atoms with van der Waals surface area (Å²) >= 11 is 0. The Bertz CT molecular complexity index is 1270.